The summed E-state index contributed by atoms with van der Waals surface area (Å²) in [4.78, 5) is 13.4. The number of benzene rings is 2. The fraction of sp³-hybridized carbons (Fsp3) is 0.318. The van der Waals surface area contributed by atoms with Crippen molar-refractivity contribution in [3.05, 3.63) is 54.1 Å². The van der Waals surface area contributed by atoms with Crippen molar-refractivity contribution in [3.8, 4) is 11.3 Å². The Morgan fingerprint density at radius 3 is 2.28 bits per heavy atom. The molecule has 0 bridgehead atoms. The lowest BCUT2D eigenvalue weighted by atomic mass is 10.1. The van der Waals surface area contributed by atoms with Gasteiger partial charge in [-0.05, 0) is 49.2 Å². The van der Waals surface area contributed by atoms with Crippen molar-refractivity contribution < 1.29 is 9.21 Å². The smallest absolute Gasteiger partial charge is 0.150 e. The number of hydrogen-bond donors (Lipinski definition) is 0. The molecule has 1 aromatic heterocycles. The summed E-state index contributed by atoms with van der Waals surface area (Å²) in [6.45, 7) is 2.30. The van der Waals surface area contributed by atoms with Gasteiger partial charge in [0.25, 0.3) is 0 Å². The number of furan rings is 1. The number of carbonyl (C=O) groups is 1. The maximum absolute atomic E-state index is 10.9. The molecule has 1 aliphatic heterocycles. The van der Waals surface area contributed by atoms with Crippen LogP contribution in [0.1, 0.15) is 42.5 Å². The van der Waals surface area contributed by atoms with Gasteiger partial charge in [-0.1, -0.05) is 31.4 Å². The van der Waals surface area contributed by atoms with E-state index in [0.29, 0.717) is 5.56 Å². The van der Waals surface area contributed by atoms with Gasteiger partial charge in [0, 0.05) is 35.3 Å². The topological polar surface area (TPSA) is 33.5 Å². The minimum atomic E-state index is 0.640. The van der Waals surface area contributed by atoms with Crippen molar-refractivity contribution in [1.82, 2.24) is 0 Å². The number of carbonyl (C=O) groups excluding carboxylic acids is 1. The highest BCUT2D eigenvalue weighted by molar-refractivity contribution is 5.88. The Labute approximate surface area is 148 Å². The number of fused-ring (bicyclic) bond motifs is 1. The first-order valence-corrected chi connectivity index (χ1v) is 9.18. The van der Waals surface area contributed by atoms with Crippen LogP contribution in [0.4, 0.5) is 5.69 Å². The number of nitrogens with zero attached hydrogens (tertiary/aromatic N) is 1. The fourth-order valence-electron chi connectivity index (χ4n) is 3.61. The van der Waals surface area contributed by atoms with Crippen molar-refractivity contribution >= 4 is 22.9 Å². The van der Waals surface area contributed by atoms with Crippen LogP contribution in [0.2, 0.25) is 0 Å². The third-order valence-corrected chi connectivity index (χ3v) is 5.05. The van der Waals surface area contributed by atoms with Crippen LogP contribution < -0.4 is 4.90 Å². The van der Waals surface area contributed by atoms with Crippen LogP contribution in [0.25, 0.3) is 22.3 Å². The molecule has 0 atom stereocenters. The molecule has 128 valence electrons. The molecule has 1 aliphatic rings. The number of anilines is 1. The molecular formula is C22H23NO2. The first-order valence-electron chi connectivity index (χ1n) is 9.18. The molecule has 0 N–H and O–H groups in total. The standard InChI is InChI=1S/C22H23NO2/c24-16-17-6-7-19-15-22(25-21(19)14-17)18-8-10-20(11-9-18)23-12-4-2-1-3-5-13-23/h6-11,14-16H,1-5,12-13H2. The van der Waals surface area contributed by atoms with Crippen molar-refractivity contribution in [2.24, 2.45) is 0 Å². The van der Waals surface area contributed by atoms with E-state index in [1.165, 1.54) is 37.8 Å². The zero-order chi connectivity index (χ0) is 17.1. The highest BCUT2D eigenvalue weighted by atomic mass is 16.3. The van der Waals surface area contributed by atoms with Gasteiger partial charge >= 0.3 is 0 Å². The van der Waals surface area contributed by atoms with Gasteiger partial charge in [0.15, 0.2) is 0 Å². The molecule has 3 heteroatoms. The Balaban J connectivity index is 1.58. The van der Waals surface area contributed by atoms with Crippen molar-refractivity contribution in [3.63, 3.8) is 0 Å². The van der Waals surface area contributed by atoms with E-state index in [1.807, 2.05) is 18.2 Å². The van der Waals surface area contributed by atoms with Gasteiger partial charge in [-0.25, -0.2) is 0 Å². The van der Waals surface area contributed by atoms with E-state index in [1.54, 1.807) is 6.07 Å². The molecule has 0 saturated carbocycles. The molecule has 25 heavy (non-hydrogen) atoms. The second-order valence-corrected chi connectivity index (χ2v) is 6.83. The van der Waals surface area contributed by atoms with Crippen molar-refractivity contribution in [2.45, 2.75) is 32.1 Å². The Kier molecular flexibility index (Phi) is 4.55. The first kappa shape index (κ1) is 15.9. The van der Waals surface area contributed by atoms with Crippen LogP contribution in [0.5, 0.6) is 0 Å². The molecule has 4 rings (SSSR count). The third kappa shape index (κ3) is 3.46. The zero-order valence-electron chi connectivity index (χ0n) is 14.4. The van der Waals surface area contributed by atoms with Crippen LogP contribution in [-0.4, -0.2) is 19.4 Å². The Morgan fingerprint density at radius 2 is 1.56 bits per heavy atom. The van der Waals surface area contributed by atoms with E-state index in [0.717, 1.165) is 41.7 Å². The molecule has 0 amide bonds. The Morgan fingerprint density at radius 1 is 0.840 bits per heavy atom. The largest absolute Gasteiger partial charge is 0.456 e. The van der Waals surface area contributed by atoms with E-state index in [-0.39, 0.29) is 0 Å². The summed E-state index contributed by atoms with van der Waals surface area (Å²) in [5, 5.41) is 1.02. The van der Waals surface area contributed by atoms with Crippen molar-refractivity contribution in [2.75, 3.05) is 18.0 Å². The van der Waals surface area contributed by atoms with E-state index in [4.69, 9.17) is 4.42 Å². The summed E-state index contributed by atoms with van der Waals surface area (Å²) >= 11 is 0. The van der Waals surface area contributed by atoms with Crippen LogP contribution in [0.15, 0.2) is 52.9 Å². The second-order valence-electron chi connectivity index (χ2n) is 6.83. The summed E-state index contributed by atoms with van der Waals surface area (Å²) in [5.41, 5.74) is 3.76. The van der Waals surface area contributed by atoms with E-state index < -0.39 is 0 Å². The van der Waals surface area contributed by atoms with Crippen LogP contribution in [0, 0.1) is 0 Å². The highest BCUT2D eigenvalue weighted by Gasteiger charge is 2.11. The summed E-state index contributed by atoms with van der Waals surface area (Å²) in [5.74, 6) is 0.845. The zero-order valence-corrected chi connectivity index (χ0v) is 14.4. The molecule has 2 aromatic carbocycles. The quantitative estimate of drug-likeness (QED) is 0.578. The summed E-state index contributed by atoms with van der Waals surface area (Å²) in [6.07, 6.45) is 7.48. The number of hydrogen-bond acceptors (Lipinski definition) is 3. The lowest BCUT2D eigenvalue weighted by molar-refractivity contribution is 0.112. The fourth-order valence-corrected chi connectivity index (χ4v) is 3.61. The van der Waals surface area contributed by atoms with E-state index in [2.05, 4.69) is 29.2 Å². The van der Waals surface area contributed by atoms with Gasteiger partial charge in [-0.3, -0.25) is 4.79 Å². The van der Waals surface area contributed by atoms with Crippen LogP contribution >= 0.6 is 0 Å². The molecule has 0 aliphatic carbocycles. The minimum absolute atomic E-state index is 0.640. The normalized spacial score (nSPS) is 15.8. The molecule has 1 fully saturated rings. The molecule has 0 spiro atoms. The average molecular weight is 333 g/mol. The molecule has 0 unspecified atom stereocenters. The van der Waals surface area contributed by atoms with Gasteiger partial charge in [0.2, 0.25) is 0 Å². The minimum Gasteiger partial charge on any atom is -0.456 e. The third-order valence-electron chi connectivity index (χ3n) is 5.05. The molecule has 3 aromatic rings. The van der Waals surface area contributed by atoms with Crippen LogP contribution in [-0.2, 0) is 0 Å². The average Bonchev–Trinajstić information content (AvgIpc) is 3.05. The maximum Gasteiger partial charge on any atom is 0.150 e. The van der Waals surface area contributed by atoms with Crippen molar-refractivity contribution in [1.29, 1.82) is 0 Å². The molecule has 1 saturated heterocycles. The first-order chi connectivity index (χ1) is 12.3. The lowest BCUT2D eigenvalue weighted by Gasteiger charge is -2.27. The Hall–Kier alpha value is -2.55. The number of aldehydes is 1. The molecular weight excluding hydrogens is 310 g/mol. The van der Waals surface area contributed by atoms with Gasteiger partial charge in [0.05, 0.1) is 0 Å². The Bertz CT molecular complexity index is 855. The summed E-state index contributed by atoms with van der Waals surface area (Å²) in [7, 11) is 0. The van der Waals surface area contributed by atoms with Gasteiger partial charge in [-0.2, -0.15) is 0 Å². The van der Waals surface area contributed by atoms with Gasteiger partial charge in [0.1, 0.15) is 17.6 Å². The number of rotatable bonds is 3. The molecule has 3 nitrogen and oxygen atoms in total. The second kappa shape index (κ2) is 7.14. The maximum atomic E-state index is 10.9. The summed E-state index contributed by atoms with van der Waals surface area (Å²) in [6, 6.07) is 16.2. The van der Waals surface area contributed by atoms with E-state index in [9.17, 15) is 4.79 Å². The predicted molar refractivity (Wildman–Crippen MR) is 102 cm³/mol. The van der Waals surface area contributed by atoms with Gasteiger partial charge < -0.3 is 9.32 Å². The van der Waals surface area contributed by atoms with Gasteiger partial charge in [-0.15, -0.1) is 0 Å². The van der Waals surface area contributed by atoms with Crippen LogP contribution in [0.3, 0.4) is 0 Å². The lowest BCUT2D eigenvalue weighted by Crippen LogP contribution is -2.26. The van der Waals surface area contributed by atoms with E-state index >= 15 is 0 Å². The monoisotopic (exact) mass is 333 g/mol. The summed E-state index contributed by atoms with van der Waals surface area (Å²) < 4.78 is 5.95. The highest BCUT2D eigenvalue weighted by Crippen LogP contribution is 2.30. The molecule has 2 heterocycles. The SMILES string of the molecule is O=Cc1ccc2cc(-c3ccc(N4CCCCCCC4)cc3)oc2c1. The molecule has 0 radical (unpaired) electrons. The predicted octanol–water partition coefficient (Wildman–Crippen LogP) is 5.68.